The standard InChI is InChI=1S/C12H21N3O/c1-5-11(7-16)15-9(3)12-6-13-10(4)14-8(12)2/h6,9,11,15-16H,5,7H2,1-4H3. The Kier molecular flexibility index (Phi) is 4.83. The fourth-order valence-corrected chi connectivity index (χ4v) is 1.76. The van der Waals surface area contributed by atoms with Crippen molar-refractivity contribution < 1.29 is 5.11 Å². The highest BCUT2D eigenvalue weighted by atomic mass is 16.3. The lowest BCUT2D eigenvalue weighted by Gasteiger charge is -2.21. The van der Waals surface area contributed by atoms with Crippen LogP contribution in [0.2, 0.25) is 0 Å². The first-order chi connectivity index (χ1) is 7.58. The van der Waals surface area contributed by atoms with Gasteiger partial charge in [-0.05, 0) is 27.2 Å². The van der Waals surface area contributed by atoms with Crippen LogP contribution < -0.4 is 5.32 Å². The number of nitrogens with zero attached hydrogens (tertiary/aromatic N) is 2. The monoisotopic (exact) mass is 223 g/mol. The van der Waals surface area contributed by atoms with E-state index in [9.17, 15) is 0 Å². The van der Waals surface area contributed by atoms with E-state index in [-0.39, 0.29) is 18.7 Å². The molecule has 0 spiro atoms. The van der Waals surface area contributed by atoms with Crippen molar-refractivity contribution in [3.05, 3.63) is 23.3 Å². The minimum atomic E-state index is 0.135. The molecule has 2 N–H and O–H groups in total. The van der Waals surface area contributed by atoms with E-state index < -0.39 is 0 Å². The average Bonchev–Trinajstić information content (AvgIpc) is 2.25. The van der Waals surface area contributed by atoms with Gasteiger partial charge in [-0.25, -0.2) is 9.97 Å². The molecule has 0 aromatic carbocycles. The Morgan fingerprint density at radius 3 is 2.62 bits per heavy atom. The summed E-state index contributed by atoms with van der Waals surface area (Å²) in [5.74, 6) is 0.794. The number of rotatable bonds is 5. The lowest BCUT2D eigenvalue weighted by atomic mass is 10.1. The van der Waals surface area contributed by atoms with E-state index in [0.717, 1.165) is 23.5 Å². The largest absolute Gasteiger partial charge is 0.395 e. The molecule has 1 aromatic heterocycles. The average molecular weight is 223 g/mol. The first-order valence-electron chi connectivity index (χ1n) is 5.75. The molecule has 0 fully saturated rings. The highest BCUT2D eigenvalue weighted by Gasteiger charge is 2.13. The van der Waals surface area contributed by atoms with Crippen LogP contribution in [0.25, 0.3) is 0 Å². The van der Waals surface area contributed by atoms with Gasteiger partial charge in [-0.3, -0.25) is 0 Å². The number of aliphatic hydroxyl groups excluding tert-OH is 1. The van der Waals surface area contributed by atoms with Crippen LogP contribution in [0.3, 0.4) is 0 Å². The summed E-state index contributed by atoms with van der Waals surface area (Å²) in [7, 11) is 0. The molecule has 0 aliphatic heterocycles. The fraction of sp³-hybridized carbons (Fsp3) is 0.667. The van der Waals surface area contributed by atoms with Crippen molar-refractivity contribution in [1.82, 2.24) is 15.3 Å². The predicted molar refractivity (Wildman–Crippen MR) is 64.2 cm³/mol. The first-order valence-corrected chi connectivity index (χ1v) is 5.75. The van der Waals surface area contributed by atoms with Crippen LogP contribution in [0.15, 0.2) is 6.20 Å². The van der Waals surface area contributed by atoms with Gasteiger partial charge in [-0.15, -0.1) is 0 Å². The molecule has 4 heteroatoms. The molecular formula is C12H21N3O. The topological polar surface area (TPSA) is 58.0 Å². The number of hydrogen-bond donors (Lipinski definition) is 2. The van der Waals surface area contributed by atoms with Crippen LogP contribution in [0.4, 0.5) is 0 Å². The Morgan fingerprint density at radius 2 is 2.12 bits per heavy atom. The highest BCUT2D eigenvalue weighted by molar-refractivity contribution is 5.19. The van der Waals surface area contributed by atoms with Crippen LogP contribution in [0.5, 0.6) is 0 Å². The van der Waals surface area contributed by atoms with E-state index in [4.69, 9.17) is 5.11 Å². The summed E-state index contributed by atoms with van der Waals surface area (Å²) in [4.78, 5) is 8.55. The molecule has 1 heterocycles. The summed E-state index contributed by atoms with van der Waals surface area (Å²) in [6, 6.07) is 0.299. The van der Waals surface area contributed by atoms with Crippen LogP contribution in [-0.2, 0) is 0 Å². The van der Waals surface area contributed by atoms with Gasteiger partial charge in [0.25, 0.3) is 0 Å². The second-order valence-corrected chi connectivity index (χ2v) is 4.13. The fourth-order valence-electron chi connectivity index (χ4n) is 1.76. The number of aromatic nitrogens is 2. The summed E-state index contributed by atoms with van der Waals surface area (Å²) in [5, 5.41) is 12.5. The maximum absolute atomic E-state index is 9.14. The summed E-state index contributed by atoms with van der Waals surface area (Å²) in [6.07, 6.45) is 2.77. The minimum Gasteiger partial charge on any atom is -0.395 e. The van der Waals surface area contributed by atoms with Gasteiger partial charge in [-0.1, -0.05) is 6.92 Å². The molecule has 0 radical (unpaired) electrons. The van der Waals surface area contributed by atoms with Gasteiger partial charge in [0.1, 0.15) is 5.82 Å². The van der Waals surface area contributed by atoms with Gasteiger partial charge in [0.2, 0.25) is 0 Å². The second-order valence-electron chi connectivity index (χ2n) is 4.13. The van der Waals surface area contributed by atoms with E-state index in [0.29, 0.717) is 0 Å². The van der Waals surface area contributed by atoms with Gasteiger partial charge in [0, 0.05) is 29.5 Å². The molecule has 2 atom stereocenters. The molecular weight excluding hydrogens is 202 g/mol. The van der Waals surface area contributed by atoms with E-state index in [1.807, 2.05) is 20.0 Å². The van der Waals surface area contributed by atoms with Crippen molar-refractivity contribution in [3.8, 4) is 0 Å². The number of aliphatic hydroxyl groups is 1. The highest BCUT2D eigenvalue weighted by Crippen LogP contribution is 2.15. The van der Waals surface area contributed by atoms with Gasteiger partial charge < -0.3 is 10.4 Å². The molecule has 0 amide bonds. The summed E-state index contributed by atoms with van der Waals surface area (Å²) >= 11 is 0. The Bertz CT molecular complexity index is 337. The van der Waals surface area contributed by atoms with Crippen molar-refractivity contribution in [2.75, 3.05) is 6.61 Å². The molecule has 90 valence electrons. The van der Waals surface area contributed by atoms with Crippen LogP contribution in [0, 0.1) is 13.8 Å². The Hall–Kier alpha value is -1.00. The summed E-state index contributed by atoms with van der Waals surface area (Å²) in [5.41, 5.74) is 2.10. The molecule has 16 heavy (non-hydrogen) atoms. The van der Waals surface area contributed by atoms with Gasteiger partial charge in [0.05, 0.1) is 6.61 Å². The molecule has 4 nitrogen and oxygen atoms in total. The lowest BCUT2D eigenvalue weighted by molar-refractivity contribution is 0.230. The smallest absolute Gasteiger partial charge is 0.125 e. The van der Waals surface area contributed by atoms with Crippen LogP contribution in [-0.4, -0.2) is 27.7 Å². The SMILES string of the molecule is CCC(CO)NC(C)c1cnc(C)nc1C. The van der Waals surface area contributed by atoms with Crippen molar-refractivity contribution in [2.24, 2.45) is 0 Å². The Labute approximate surface area is 97.1 Å². The molecule has 0 bridgehead atoms. The lowest BCUT2D eigenvalue weighted by Crippen LogP contribution is -2.34. The van der Waals surface area contributed by atoms with Gasteiger partial charge >= 0.3 is 0 Å². The molecule has 0 saturated carbocycles. The third-order valence-corrected chi connectivity index (χ3v) is 2.80. The van der Waals surface area contributed by atoms with E-state index in [1.165, 1.54) is 0 Å². The normalized spacial score (nSPS) is 14.8. The number of nitrogens with one attached hydrogen (secondary N) is 1. The van der Waals surface area contributed by atoms with Crippen molar-refractivity contribution in [1.29, 1.82) is 0 Å². The quantitative estimate of drug-likeness (QED) is 0.794. The number of hydrogen-bond acceptors (Lipinski definition) is 4. The van der Waals surface area contributed by atoms with E-state index >= 15 is 0 Å². The van der Waals surface area contributed by atoms with Gasteiger partial charge in [-0.2, -0.15) is 0 Å². The second kappa shape index (κ2) is 5.92. The van der Waals surface area contributed by atoms with Crippen LogP contribution in [0.1, 0.15) is 43.4 Å². The molecule has 0 saturated heterocycles. The molecule has 1 rings (SSSR count). The molecule has 0 aliphatic rings. The molecule has 2 unspecified atom stereocenters. The summed E-state index contributed by atoms with van der Waals surface area (Å²) in [6.45, 7) is 8.16. The van der Waals surface area contributed by atoms with E-state index in [1.54, 1.807) is 0 Å². The minimum absolute atomic E-state index is 0.135. The van der Waals surface area contributed by atoms with Crippen molar-refractivity contribution in [3.63, 3.8) is 0 Å². The Balaban J connectivity index is 2.76. The third-order valence-electron chi connectivity index (χ3n) is 2.80. The zero-order valence-electron chi connectivity index (χ0n) is 10.5. The summed E-state index contributed by atoms with van der Waals surface area (Å²) < 4.78 is 0. The van der Waals surface area contributed by atoms with Crippen molar-refractivity contribution in [2.45, 2.75) is 46.2 Å². The first kappa shape index (κ1) is 13.1. The van der Waals surface area contributed by atoms with Gasteiger partial charge in [0.15, 0.2) is 0 Å². The zero-order valence-corrected chi connectivity index (χ0v) is 10.5. The predicted octanol–water partition coefficient (Wildman–Crippen LogP) is 1.51. The van der Waals surface area contributed by atoms with Crippen molar-refractivity contribution >= 4 is 0 Å². The van der Waals surface area contributed by atoms with Crippen LogP contribution >= 0.6 is 0 Å². The zero-order chi connectivity index (χ0) is 12.1. The Morgan fingerprint density at radius 1 is 1.44 bits per heavy atom. The number of aryl methyl sites for hydroxylation is 2. The van der Waals surface area contributed by atoms with E-state index in [2.05, 4.69) is 29.1 Å². The molecule has 1 aromatic rings. The molecule has 0 aliphatic carbocycles. The maximum Gasteiger partial charge on any atom is 0.125 e. The third kappa shape index (κ3) is 3.25. The maximum atomic E-state index is 9.14.